The molecule has 1 unspecified atom stereocenters. The number of anilines is 1. The molecule has 6 heteroatoms. The van der Waals surface area contributed by atoms with Gasteiger partial charge in [-0.05, 0) is 57.1 Å². The van der Waals surface area contributed by atoms with Gasteiger partial charge in [0.25, 0.3) is 5.91 Å². The predicted molar refractivity (Wildman–Crippen MR) is 138 cm³/mol. The van der Waals surface area contributed by atoms with Gasteiger partial charge in [0, 0.05) is 19.2 Å². The Kier molecular flexibility index (Phi) is 6.84. The maximum Gasteiger partial charge on any atom is 0.294 e. The second kappa shape index (κ2) is 10.2. The molecule has 5 rings (SSSR count). The molecule has 3 aromatic rings. The first kappa shape index (κ1) is 23.5. The van der Waals surface area contributed by atoms with Gasteiger partial charge in [-0.1, -0.05) is 62.1 Å². The van der Waals surface area contributed by atoms with Gasteiger partial charge in [-0.25, -0.2) is 0 Å². The molecule has 1 saturated carbocycles. The number of ether oxygens (including phenoxy) is 1. The van der Waals surface area contributed by atoms with Gasteiger partial charge in [0.05, 0.1) is 18.2 Å². The number of methoxy groups -OCH3 is 1. The fourth-order valence-electron chi connectivity index (χ4n) is 5.37. The fourth-order valence-corrected chi connectivity index (χ4v) is 6.03. The molecule has 0 saturated heterocycles. The van der Waals surface area contributed by atoms with E-state index in [9.17, 15) is 14.7 Å². The maximum absolute atomic E-state index is 13.6. The minimum absolute atomic E-state index is 0.141. The average molecular weight is 488 g/mol. The minimum atomic E-state index is -0.699. The van der Waals surface area contributed by atoms with Crippen LogP contribution in [-0.2, 0) is 20.9 Å². The molecule has 0 bridgehead atoms. The van der Waals surface area contributed by atoms with Gasteiger partial charge in [0.1, 0.15) is 0 Å². The summed E-state index contributed by atoms with van der Waals surface area (Å²) in [6, 6.07) is 16.7. The molecule has 180 valence electrons. The first-order valence-electron chi connectivity index (χ1n) is 12.1. The monoisotopic (exact) mass is 487 g/mol. The summed E-state index contributed by atoms with van der Waals surface area (Å²) in [7, 11) is 1.62. The van der Waals surface area contributed by atoms with E-state index in [2.05, 4.69) is 11.4 Å². The Bertz CT molecular complexity index is 1240. The molecule has 2 heterocycles. The van der Waals surface area contributed by atoms with Crippen LogP contribution >= 0.6 is 11.3 Å². The van der Waals surface area contributed by atoms with Crippen molar-refractivity contribution in [2.75, 3.05) is 12.0 Å². The number of carbonyl (C=O) groups is 2. The molecule has 2 aliphatic rings. The average Bonchev–Trinajstić information content (AvgIpc) is 3.63. The molecule has 1 aliphatic heterocycles. The van der Waals surface area contributed by atoms with E-state index in [0.29, 0.717) is 24.6 Å². The molecule has 0 radical (unpaired) electrons. The molecular formula is C29H29NO4S. The van der Waals surface area contributed by atoms with E-state index in [0.717, 1.165) is 47.9 Å². The van der Waals surface area contributed by atoms with E-state index in [4.69, 9.17) is 4.74 Å². The van der Waals surface area contributed by atoms with Crippen molar-refractivity contribution >= 4 is 28.7 Å². The quantitative estimate of drug-likeness (QED) is 0.388. The summed E-state index contributed by atoms with van der Waals surface area (Å²) in [5, 5.41) is 15.1. The normalized spacial score (nSPS) is 18.6. The maximum atomic E-state index is 13.6. The molecule has 35 heavy (non-hydrogen) atoms. The second-order valence-electron chi connectivity index (χ2n) is 9.31. The lowest BCUT2D eigenvalue weighted by Gasteiger charge is -2.29. The Morgan fingerprint density at radius 3 is 2.49 bits per heavy atom. The van der Waals surface area contributed by atoms with E-state index in [1.165, 1.54) is 0 Å². The third-order valence-corrected chi connectivity index (χ3v) is 7.79. The van der Waals surface area contributed by atoms with Crippen molar-refractivity contribution in [2.45, 2.75) is 44.8 Å². The Labute approximate surface area is 209 Å². The highest BCUT2D eigenvalue weighted by molar-refractivity contribution is 7.08. The number of amides is 1. The van der Waals surface area contributed by atoms with Crippen LogP contribution < -0.4 is 4.90 Å². The van der Waals surface area contributed by atoms with Crippen molar-refractivity contribution in [2.24, 2.45) is 5.92 Å². The number of aliphatic hydroxyl groups is 1. The molecule has 5 nitrogen and oxygen atoms in total. The number of thiophene rings is 1. The lowest BCUT2D eigenvalue weighted by Crippen LogP contribution is -2.31. The van der Waals surface area contributed by atoms with Gasteiger partial charge in [-0.3, -0.25) is 14.5 Å². The van der Waals surface area contributed by atoms with Crippen molar-refractivity contribution in [3.63, 3.8) is 0 Å². The zero-order valence-corrected chi connectivity index (χ0v) is 20.6. The van der Waals surface area contributed by atoms with E-state index < -0.39 is 17.7 Å². The summed E-state index contributed by atoms with van der Waals surface area (Å²) in [5.74, 6) is -0.809. The van der Waals surface area contributed by atoms with Crippen LogP contribution in [0.25, 0.3) is 11.1 Å². The van der Waals surface area contributed by atoms with E-state index >= 15 is 0 Å². The van der Waals surface area contributed by atoms with Crippen molar-refractivity contribution in [1.29, 1.82) is 0 Å². The predicted octanol–water partition coefficient (Wildman–Crippen LogP) is 6.61. The third-order valence-electron chi connectivity index (χ3n) is 7.11. The van der Waals surface area contributed by atoms with Crippen molar-refractivity contribution < 1.29 is 19.4 Å². The van der Waals surface area contributed by atoms with Crippen LogP contribution in [0.3, 0.4) is 0 Å². The molecule has 1 fully saturated rings. The Hall–Kier alpha value is -3.22. The fraction of sp³-hybridized carbons (Fsp3) is 0.310. The standard InChI is InChI=1S/C29H29NO4S/c1-34-17-21-8-4-5-9-24(21)27-26(25(31)16-19-6-2-3-7-19)28(32)29(33)30(27)23-12-10-20(11-13-23)22-14-15-35-18-22/h4-5,8-15,18-19,27,32H,2-3,6-7,16-17H2,1H3. The number of nitrogens with zero attached hydrogens (tertiary/aromatic N) is 1. The first-order valence-corrected chi connectivity index (χ1v) is 13.0. The van der Waals surface area contributed by atoms with Crippen LogP contribution in [-0.4, -0.2) is 23.9 Å². The number of Topliss-reactive ketones (excluding diaryl/α,β-unsaturated/α-hetero) is 1. The van der Waals surface area contributed by atoms with Crippen molar-refractivity contribution in [3.05, 3.63) is 87.8 Å². The summed E-state index contributed by atoms with van der Waals surface area (Å²) in [4.78, 5) is 28.6. The number of hydrogen-bond acceptors (Lipinski definition) is 5. The van der Waals surface area contributed by atoms with Gasteiger partial charge in [0.2, 0.25) is 0 Å². The zero-order valence-electron chi connectivity index (χ0n) is 19.8. The SMILES string of the molecule is COCc1ccccc1C1C(C(=O)CC2CCCC2)=C(O)C(=O)N1c1ccc(-c2ccsc2)cc1. The summed E-state index contributed by atoms with van der Waals surface area (Å²) in [6.07, 6.45) is 4.66. The summed E-state index contributed by atoms with van der Waals surface area (Å²) >= 11 is 1.63. The molecule has 1 aromatic heterocycles. The van der Waals surface area contributed by atoms with E-state index in [1.54, 1.807) is 23.3 Å². The highest BCUT2D eigenvalue weighted by Crippen LogP contribution is 2.44. The number of ketones is 1. The Morgan fingerprint density at radius 1 is 1.06 bits per heavy atom. The molecule has 1 N–H and O–H groups in total. The summed E-state index contributed by atoms with van der Waals surface area (Å²) in [5.41, 5.74) is 4.68. The number of rotatable bonds is 8. The molecule has 2 aromatic carbocycles. The summed E-state index contributed by atoms with van der Waals surface area (Å²) in [6.45, 7) is 0.344. The van der Waals surface area contributed by atoms with Crippen LogP contribution in [0.5, 0.6) is 0 Å². The van der Waals surface area contributed by atoms with Crippen molar-refractivity contribution in [3.8, 4) is 11.1 Å². The summed E-state index contributed by atoms with van der Waals surface area (Å²) < 4.78 is 5.42. The lowest BCUT2D eigenvalue weighted by atomic mass is 9.88. The van der Waals surface area contributed by atoms with Crippen LogP contribution in [0.1, 0.15) is 49.3 Å². The third kappa shape index (κ3) is 4.56. The lowest BCUT2D eigenvalue weighted by molar-refractivity contribution is -0.118. The number of carbonyl (C=O) groups excluding carboxylic acids is 2. The van der Waals surface area contributed by atoms with Crippen LogP contribution in [0.2, 0.25) is 0 Å². The van der Waals surface area contributed by atoms with Gasteiger partial charge < -0.3 is 9.84 Å². The van der Waals surface area contributed by atoms with Gasteiger partial charge in [-0.15, -0.1) is 0 Å². The second-order valence-corrected chi connectivity index (χ2v) is 10.1. The van der Waals surface area contributed by atoms with Crippen LogP contribution in [0.4, 0.5) is 5.69 Å². The molecular weight excluding hydrogens is 458 g/mol. The number of benzene rings is 2. The Balaban J connectivity index is 1.57. The number of aliphatic hydroxyl groups excluding tert-OH is 1. The highest BCUT2D eigenvalue weighted by atomic mass is 32.1. The minimum Gasteiger partial charge on any atom is -0.503 e. The molecule has 1 aliphatic carbocycles. The topological polar surface area (TPSA) is 66.8 Å². The molecule has 1 amide bonds. The largest absolute Gasteiger partial charge is 0.503 e. The zero-order chi connectivity index (χ0) is 24.4. The Morgan fingerprint density at radius 2 is 1.80 bits per heavy atom. The van der Waals surface area contributed by atoms with E-state index in [1.807, 2.05) is 53.9 Å². The van der Waals surface area contributed by atoms with Crippen LogP contribution in [0, 0.1) is 5.92 Å². The van der Waals surface area contributed by atoms with Gasteiger partial charge >= 0.3 is 0 Å². The van der Waals surface area contributed by atoms with Gasteiger partial charge in [0.15, 0.2) is 11.5 Å². The number of hydrogen-bond donors (Lipinski definition) is 1. The van der Waals surface area contributed by atoms with Crippen molar-refractivity contribution in [1.82, 2.24) is 0 Å². The highest BCUT2D eigenvalue weighted by Gasteiger charge is 2.45. The van der Waals surface area contributed by atoms with E-state index in [-0.39, 0.29) is 11.4 Å². The molecule has 1 atom stereocenters. The first-order chi connectivity index (χ1) is 17.1. The van der Waals surface area contributed by atoms with Crippen LogP contribution in [0.15, 0.2) is 76.7 Å². The molecule has 0 spiro atoms. The smallest absolute Gasteiger partial charge is 0.294 e. The van der Waals surface area contributed by atoms with Gasteiger partial charge in [-0.2, -0.15) is 11.3 Å².